The number of nitriles is 1. The Balaban J connectivity index is 3.00. The molecule has 0 aliphatic carbocycles. The largest absolute Gasteiger partial charge is 0.405 e. The zero-order valence-corrected chi connectivity index (χ0v) is 8.62. The molecule has 0 fully saturated rings. The Hall–Kier alpha value is -1.77. The van der Waals surface area contributed by atoms with E-state index in [0.717, 1.165) is 4.90 Å². The van der Waals surface area contributed by atoms with Crippen molar-refractivity contribution in [3.8, 4) is 6.07 Å². The number of halogens is 3. The van der Waals surface area contributed by atoms with E-state index in [4.69, 9.17) is 5.26 Å². The molecule has 0 amide bonds. The van der Waals surface area contributed by atoms with Crippen LogP contribution in [0.4, 0.5) is 18.9 Å². The molecule has 0 spiro atoms. The first kappa shape index (κ1) is 12.3. The summed E-state index contributed by atoms with van der Waals surface area (Å²) in [5, 5.41) is 8.74. The van der Waals surface area contributed by atoms with Gasteiger partial charge in [0.15, 0.2) is 5.69 Å². The van der Waals surface area contributed by atoms with Crippen LogP contribution in [0.3, 0.4) is 0 Å². The molecule has 0 bridgehead atoms. The van der Waals surface area contributed by atoms with Gasteiger partial charge in [0.25, 0.3) is 0 Å². The number of hydrogen-bond acceptors (Lipinski definition) is 3. The molecule has 1 rings (SSSR count). The fraction of sp³-hybridized carbons (Fsp3) is 0.400. The Morgan fingerprint density at radius 3 is 2.69 bits per heavy atom. The lowest BCUT2D eigenvalue weighted by Crippen LogP contribution is -2.34. The standard InChI is InChI=1S/C10H10F3N3/c1-2-16(7-10(11,12)13)9-4-3-5-15-8(9)6-14/h3-5H,2,7H2,1H3. The van der Waals surface area contributed by atoms with Crippen LogP contribution in [0.1, 0.15) is 12.6 Å². The van der Waals surface area contributed by atoms with Crippen molar-refractivity contribution in [3.05, 3.63) is 24.0 Å². The lowest BCUT2D eigenvalue weighted by Gasteiger charge is -2.24. The van der Waals surface area contributed by atoms with E-state index in [-0.39, 0.29) is 17.9 Å². The SMILES string of the molecule is CCN(CC(F)(F)F)c1cccnc1C#N. The molecule has 0 atom stereocenters. The average Bonchev–Trinajstić information content (AvgIpc) is 2.24. The molecule has 1 aromatic heterocycles. The van der Waals surface area contributed by atoms with Crippen molar-refractivity contribution < 1.29 is 13.2 Å². The van der Waals surface area contributed by atoms with Crippen LogP contribution < -0.4 is 4.90 Å². The van der Waals surface area contributed by atoms with Crippen LogP contribution in [0.15, 0.2) is 18.3 Å². The molecule has 0 unspecified atom stereocenters. The van der Waals surface area contributed by atoms with E-state index in [1.165, 1.54) is 18.3 Å². The van der Waals surface area contributed by atoms with Gasteiger partial charge in [0.05, 0.1) is 5.69 Å². The highest BCUT2D eigenvalue weighted by Crippen LogP contribution is 2.23. The fourth-order valence-corrected chi connectivity index (χ4v) is 1.32. The highest BCUT2D eigenvalue weighted by molar-refractivity contribution is 5.55. The Morgan fingerprint density at radius 2 is 2.19 bits per heavy atom. The number of nitrogens with zero attached hydrogens (tertiary/aromatic N) is 3. The first-order chi connectivity index (χ1) is 7.48. The van der Waals surface area contributed by atoms with E-state index in [2.05, 4.69) is 4.98 Å². The molecule has 0 saturated carbocycles. The van der Waals surface area contributed by atoms with Crippen molar-refractivity contribution in [1.29, 1.82) is 5.26 Å². The summed E-state index contributed by atoms with van der Waals surface area (Å²) in [5.74, 6) is 0. The summed E-state index contributed by atoms with van der Waals surface area (Å²) in [5.41, 5.74) is 0.221. The molecular formula is C10H10F3N3. The molecule has 0 aliphatic heterocycles. The second-order valence-corrected chi connectivity index (χ2v) is 3.11. The van der Waals surface area contributed by atoms with Crippen molar-refractivity contribution >= 4 is 5.69 Å². The van der Waals surface area contributed by atoms with Gasteiger partial charge in [-0.05, 0) is 19.1 Å². The number of rotatable bonds is 3. The Morgan fingerprint density at radius 1 is 1.50 bits per heavy atom. The van der Waals surface area contributed by atoms with Crippen LogP contribution in [-0.2, 0) is 0 Å². The molecule has 1 aromatic rings. The van der Waals surface area contributed by atoms with Crippen LogP contribution in [0.2, 0.25) is 0 Å². The normalized spacial score (nSPS) is 10.9. The summed E-state index contributed by atoms with van der Waals surface area (Å²) in [6.07, 6.45) is -2.91. The van der Waals surface area contributed by atoms with Crippen LogP contribution >= 0.6 is 0 Å². The topological polar surface area (TPSA) is 39.9 Å². The quantitative estimate of drug-likeness (QED) is 0.798. The average molecular weight is 229 g/mol. The van der Waals surface area contributed by atoms with E-state index >= 15 is 0 Å². The maximum absolute atomic E-state index is 12.3. The Labute approximate surface area is 91.1 Å². The number of hydrogen-bond donors (Lipinski definition) is 0. The summed E-state index contributed by atoms with van der Waals surface area (Å²) in [4.78, 5) is 4.80. The first-order valence-electron chi connectivity index (χ1n) is 4.64. The minimum atomic E-state index is -4.29. The Bertz CT molecular complexity index is 395. The molecule has 16 heavy (non-hydrogen) atoms. The lowest BCUT2D eigenvalue weighted by molar-refractivity contribution is -0.119. The van der Waals surface area contributed by atoms with E-state index in [1.807, 2.05) is 0 Å². The third-order valence-electron chi connectivity index (χ3n) is 1.98. The van der Waals surface area contributed by atoms with Crippen LogP contribution in [0.25, 0.3) is 0 Å². The summed E-state index contributed by atoms with van der Waals surface area (Å²) in [6.45, 7) is 0.684. The molecule has 1 heterocycles. The van der Waals surface area contributed by atoms with E-state index in [1.54, 1.807) is 13.0 Å². The maximum atomic E-state index is 12.3. The van der Waals surface area contributed by atoms with Gasteiger partial charge in [-0.25, -0.2) is 4.98 Å². The van der Waals surface area contributed by atoms with Crippen molar-refractivity contribution in [2.24, 2.45) is 0 Å². The molecular weight excluding hydrogens is 219 g/mol. The van der Waals surface area contributed by atoms with Crippen molar-refractivity contribution in [1.82, 2.24) is 4.98 Å². The predicted molar refractivity (Wildman–Crippen MR) is 52.9 cm³/mol. The zero-order chi connectivity index (χ0) is 12.2. The second kappa shape index (κ2) is 4.84. The smallest absolute Gasteiger partial charge is 0.360 e. The molecule has 0 N–H and O–H groups in total. The summed E-state index contributed by atoms with van der Waals surface area (Å²) < 4.78 is 36.8. The van der Waals surface area contributed by atoms with Gasteiger partial charge in [0.2, 0.25) is 0 Å². The van der Waals surface area contributed by atoms with Crippen molar-refractivity contribution in [2.45, 2.75) is 13.1 Å². The lowest BCUT2D eigenvalue weighted by atomic mass is 10.2. The molecule has 86 valence electrons. The van der Waals surface area contributed by atoms with Crippen LogP contribution in [0.5, 0.6) is 0 Å². The number of alkyl halides is 3. The third kappa shape index (κ3) is 3.12. The van der Waals surface area contributed by atoms with E-state index in [9.17, 15) is 13.2 Å². The molecule has 6 heteroatoms. The fourth-order valence-electron chi connectivity index (χ4n) is 1.32. The zero-order valence-electron chi connectivity index (χ0n) is 8.62. The summed E-state index contributed by atoms with van der Waals surface area (Å²) >= 11 is 0. The second-order valence-electron chi connectivity index (χ2n) is 3.11. The number of anilines is 1. The predicted octanol–water partition coefficient (Wildman–Crippen LogP) is 2.34. The van der Waals surface area contributed by atoms with E-state index < -0.39 is 12.7 Å². The summed E-state index contributed by atoms with van der Waals surface area (Å²) in [7, 11) is 0. The third-order valence-corrected chi connectivity index (χ3v) is 1.98. The van der Waals surface area contributed by atoms with Gasteiger partial charge >= 0.3 is 6.18 Å². The van der Waals surface area contributed by atoms with Crippen LogP contribution in [0, 0.1) is 11.3 Å². The van der Waals surface area contributed by atoms with Gasteiger partial charge in [-0.3, -0.25) is 0 Å². The van der Waals surface area contributed by atoms with Gasteiger partial charge < -0.3 is 4.90 Å². The van der Waals surface area contributed by atoms with Gasteiger partial charge in [-0.15, -0.1) is 0 Å². The first-order valence-corrected chi connectivity index (χ1v) is 4.64. The number of pyridine rings is 1. The minimum Gasteiger partial charge on any atom is -0.360 e. The molecule has 0 radical (unpaired) electrons. The van der Waals surface area contributed by atoms with Gasteiger partial charge in [-0.2, -0.15) is 18.4 Å². The molecule has 0 saturated heterocycles. The monoisotopic (exact) mass is 229 g/mol. The highest BCUT2D eigenvalue weighted by Gasteiger charge is 2.31. The summed E-state index contributed by atoms with van der Waals surface area (Å²) in [6, 6.07) is 4.74. The molecule has 0 aromatic carbocycles. The minimum absolute atomic E-state index is 0.00796. The Kier molecular flexibility index (Phi) is 3.72. The van der Waals surface area contributed by atoms with Crippen molar-refractivity contribution in [3.63, 3.8) is 0 Å². The number of aromatic nitrogens is 1. The highest BCUT2D eigenvalue weighted by atomic mass is 19.4. The maximum Gasteiger partial charge on any atom is 0.405 e. The molecule has 0 aliphatic rings. The van der Waals surface area contributed by atoms with E-state index in [0.29, 0.717) is 0 Å². The van der Waals surface area contributed by atoms with Crippen molar-refractivity contribution in [2.75, 3.05) is 18.0 Å². The molecule has 3 nitrogen and oxygen atoms in total. The van der Waals surface area contributed by atoms with Gasteiger partial charge in [0.1, 0.15) is 12.6 Å². The van der Waals surface area contributed by atoms with Crippen LogP contribution in [-0.4, -0.2) is 24.2 Å². The van der Waals surface area contributed by atoms with Gasteiger partial charge in [-0.1, -0.05) is 0 Å². The van der Waals surface area contributed by atoms with Gasteiger partial charge in [0, 0.05) is 12.7 Å².